The molecule has 1 aromatic heterocycles. The molecule has 1 heterocycles. The first-order valence-electron chi connectivity index (χ1n) is 9.43. The molecular formula is C22H24N2O4S2. The third-order valence-electron chi connectivity index (χ3n) is 4.35. The molecule has 0 radical (unpaired) electrons. The van der Waals surface area contributed by atoms with Gasteiger partial charge >= 0.3 is 0 Å². The van der Waals surface area contributed by atoms with Gasteiger partial charge in [-0.2, -0.15) is 0 Å². The number of nitrogens with one attached hydrogen (secondary N) is 1. The molecule has 30 heavy (non-hydrogen) atoms. The van der Waals surface area contributed by atoms with Crippen LogP contribution in [0.2, 0.25) is 0 Å². The zero-order chi connectivity index (χ0) is 21.7. The predicted octanol–water partition coefficient (Wildman–Crippen LogP) is 4.29. The van der Waals surface area contributed by atoms with Gasteiger partial charge in [0, 0.05) is 19.2 Å². The van der Waals surface area contributed by atoms with Gasteiger partial charge in [-0.3, -0.25) is 9.10 Å². The molecular weight excluding hydrogens is 420 g/mol. The fourth-order valence-electron chi connectivity index (χ4n) is 2.75. The van der Waals surface area contributed by atoms with Crippen LogP contribution in [0.15, 0.2) is 70.3 Å². The summed E-state index contributed by atoms with van der Waals surface area (Å²) < 4.78 is 32.3. The number of hydrogen-bond acceptors (Lipinski definition) is 5. The Labute approximate surface area is 181 Å². The van der Waals surface area contributed by atoms with Gasteiger partial charge in [-0.05, 0) is 67.3 Å². The molecule has 0 unspecified atom stereocenters. The van der Waals surface area contributed by atoms with Gasteiger partial charge in [-0.25, -0.2) is 8.42 Å². The molecule has 0 saturated heterocycles. The van der Waals surface area contributed by atoms with Gasteiger partial charge in [-0.1, -0.05) is 18.2 Å². The van der Waals surface area contributed by atoms with Crippen molar-refractivity contribution in [2.75, 3.05) is 11.4 Å². The lowest BCUT2D eigenvalue weighted by atomic mass is 10.1. The van der Waals surface area contributed by atoms with E-state index in [0.717, 1.165) is 11.3 Å². The first-order chi connectivity index (χ1) is 14.3. The Bertz CT molecular complexity index is 1080. The number of ether oxygens (including phenoxy) is 1. The minimum absolute atomic E-state index is 0.109. The number of carbonyl (C=O) groups excluding carboxylic acids is 1. The van der Waals surface area contributed by atoms with Gasteiger partial charge in [0.2, 0.25) is 0 Å². The summed E-state index contributed by atoms with van der Waals surface area (Å²) >= 11 is 1.17. The van der Waals surface area contributed by atoms with Crippen LogP contribution in [0.25, 0.3) is 0 Å². The average molecular weight is 445 g/mol. The van der Waals surface area contributed by atoms with Crippen LogP contribution < -0.4 is 14.4 Å². The van der Waals surface area contributed by atoms with Gasteiger partial charge in [0.1, 0.15) is 9.96 Å². The summed E-state index contributed by atoms with van der Waals surface area (Å²) in [6.07, 6.45) is 0.109. The number of benzene rings is 2. The van der Waals surface area contributed by atoms with E-state index >= 15 is 0 Å². The van der Waals surface area contributed by atoms with Crippen LogP contribution in [0.4, 0.5) is 5.69 Å². The summed E-state index contributed by atoms with van der Waals surface area (Å²) in [4.78, 5) is 12.4. The molecule has 0 spiro atoms. The van der Waals surface area contributed by atoms with Gasteiger partial charge in [0.25, 0.3) is 15.9 Å². The molecule has 0 fully saturated rings. The number of nitrogens with zero attached hydrogens (tertiary/aromatic N) is 1. The average Bonchev–Trinajstić information content (AvgIpc) is 3.28. The lowest BCUT2D eigenvalue weighted by molar-refractivity contribution is 0.0951. The van der Waals surface area contributed by atoms with Gasteiger partial charge in [-0.15, -0.1) is 11.3 Å². The molecule has 6 nitrogen and oxygen atoms in total. The topological polar surface area (TPSA) is 75.7 Å². The zero-order valence-electron chi connectivity index (χ0n) is 17.0. The summed E-state index contributed by atoms with van der Waals surface area (Å²) in [5, 5.41) is 4.59. The van der Waals surface area contributed by atoms with E-state index in [9.17, 15) is 13.2 Å². The molecule has 0 atom stereocenters. The second-order valence-corrected chi connectivity index (χ2v) is 10.1. The Balaban J connectivity index is 1.61. The quantitative estimate of drug-likeness (QED) is 0.562. The fourth-order valence-corrected chi connectivity index (χ4v) is 5.11. The van der Waals surface area contributed by atoms with Crippen molar-refractivity contribution in [1.29, 1.82) is 0 Å². The minimum Gasteiger partial charge on any atom is -0.491 e. The number of rotatable bonds is 8. The Morgan fingerprint density at radius 1 is 1.07 bits per heavy atom. The monoisotopic (exact) mass is 444 g/mol. The molecule has 3 rings (SSSR count). The van der Waals surface area contributed by atoms with Crippen molar-refractivity contribution in [3.05, 3.63) is 77.2 Å². The third-order valence-corrected chi connectivity index (χ3v) is 7.51. The maximum atomic E-state index is 12.6. The molecule has 0 aliphatic carbocycles. The van der Waals surface area contributed by atoms with Crippen molar-refractivity contribution in [3.63, 3.8) is 0 Å². The molecule has 0 saturated carbocycles. The van der Waals surface area contributed by atoms with E-state index in [1.165, 1.54) is 22.7 Å². The van der Waals surface area contributed by atoms with Crippen LogP contribution in [-0.4, -0.2) is 27.5 Å². The SMILES string of the molecule is CC(C)Oc1ccc(CNC(=O)c2ccc(N(C)S(=O)(=O)c3cccs3)cc2)cc1. The third kappa shape index (κ3) is 5.20. The second-order valence-electron chi connectivity index (χ2n) is 6.94. The minimum atomic E-state index is -3.60. The molecule has 3 aromatic rings. The first kappa shape index (κ1) is 21.9. The van der Waals surface area contributed by atoms with Crippen molar-refractivity contribution in [3.8, 4) is 5.75 Å². The van der Waals surface area contributed by atoms with E-state index < -0.39 is 10.0 Å². The van der Waals surface area contributed by atoms with Crippen LogP contribution in [0.5, 0.6) is 5.75 Å². The summed E-state index contributed by atoms with van der Waals surface area (Å²) in [6.45, 7) is 4.32. The van der Waals surface area contributed by atoms with Crippen molar-refractivity contribution in [1.82, 2.24) is 5.32 Å². The Hall–Kier alpha value is -2.84. The van der Waals surface area contributed by atoms with Crippen LogP contribution in [-0.2, 0) is 16.6 Å². The van der Waals surface area contributed by atoms with Gasteiger partial charge in [0.05, 0.1) is 11.8 Å². The number of sulfonamides is 1. The summed E-state index contributed by atoms with van der Waals surface area (Å²) in [5.41, 5.74) is 1.90. The Morgan fingerprint density at radius 3 is 2.30 bits per heavy atom. The Kier molecular flexibility index (Phi) is 6.79. The van der Waals surface area contributed by atoms with E-state index in [2.05, 4.69) is 5.32 Å². The van der Waals surface area contributed by atoms with E-state index in [4.69, 9.17) is 4.74 Å². The molecule has 2 aromatic carbocycles. The largest absolute Gasteiger partial charge is 0.491 e. The maximum Gasteiger partial charge on any atom is 0.273 e. The van der Waals surface area contributed by atoms with Crippen molar-refractivity contribution in [2.24, 2.45) is 0 Å². The molecule has 0 bridgehead atoms. The van der Waals surface area contributed by atoms with Crippen LogP contribution in [0.3, 0.4) is 0 Å². The van der Waals surface area contributed by atoms with Crippen molar-refractivity contribution >= 4 is 33.0 Å². The lowest BCUT2D eigenvalue weighted by Gasteiger charge is -2.18. The molecule has 8 heteroatoms. The number of hydrogen-bond donors (Lipinski definition) is 1. The smallest absolute Gasteiger partial charge is 0.273 e. The summed E-state index contributed by atoms with van der Waals surface area (Å²) in [6, 6.07) is 17.3. The highest BCUT2D eigenvalue weighted by molar-refractivity contribution is 7.94. The van der Waals surface area contributed by atoms with Crippen LogP contribution in [0, 0.1) is 0 Å². The van der Waals surface area contributed by atoms with E-state index in [0.29, 0.717) is 17.8 Å². The van der Waals surface area contributed by atoms with Gasteiger partial charge in [0.15, 0.2) is 0 Å². The van der Waals surface area contributed by atoms with E-state index in [1.54, 1.807) is 41.8 Å². The maximum absolute atomic E-state index is 12.6. The van der Waals surface area contributed by atoms with E-state index in [-0.39, 0.29) is 16.2 Å². The number of anilines is 1. The second kappa shape index (κ2) is 9.32. The number of thiophene rings is 1. The number of amides is 1. The van der Waals surface area contributed by atoms with Crippen molar-refractivity contribution < 1.29 is 17.9 Å². The highest BCUT2D eigenvalue weighted by Crippen LogP contribution is 2.25. The lowest BCUT2D eigenvalue weighted by Crippen LogP contribution is -2.26. The highest BCUT2D eigenvalue weighted by Gasteiger charge is 2.22. The van der Waals surface area contributed by atoms with Gasteiger partial charge < -0.3 is 10.1 Å². The van der Waals surface area contributed by atoms with Crippen LogP contribution in [0.1, 0.15) is 29.8 Å². The predicted molar refractivity (Wildman–Crippen MR) is 120 cm³/mol. The van der Waals surface area contributed by atoms with Crippen LogP contribution >= 0.6 is 11.3 Å². The highest BCUT2D eigenvalue weighted by atomic mass is 32.2. The summed E-state index contributed by atoms with van der Waals surface area (Å²) in [7, 11) is -2.10. The zero-order valence-corrected chi connectivity index (χ0v) is 18.7. The molecule has 0 aliphatic rings. The van der Waals surface area contributed by atoms with E-state index in [1.807, 2.05) is 38.1 Å². The molecule has 1 amide bonds. The normalized spacial score (nSPS) is 11.3. The molecule has 1 N–H and O–H groups in total. The first-order valence-corrected chi connectivity index (χ1v) is 11.8. The van der Waals surface area contributed by atoms with Crippen molar-refractivity contribution in [2.45, 2.75) is 30.7 Å². The summed E-state index contributed by atoms with van der Waals surface area (Å²) in [5.74, 6) is 0.560. The molecule has 158 valence electrons. The standard InChI is InChI=1S/C22H24N2O4S2/c1-16(2)28-20-12-6-17(7-13-20)15-23-22(25)18-8-10-19(11-9-18)24(3)30(26,27)21-5-4-14-29-21/h4-14,16H,15H2,1-3H3,(H,23,25). The Morgan fingerprint density at radius 2 is 1.73 bits per heavy atom. The molecule has 0 aliphatic heterocycles. The number of carbonyl (C=O) groups is 1. The fraction of sp³-hybridized carbons (Fsp3) is 0.227.